The Morgan fingerprint density at radius 3 is 2.78 bits per heavy atom. The van der Waals surface area contributed by atoms with Crippen molar-refractivity contribution in [2.75, 3.05) is 12.0 Å². The summed E-state index contributed by atoms with van der Waals surface area (Å²) in [6, 6.07) is 9.39. The van der Waals surface area contributed by atoms with E-state index in [1.165, 1.54) is 29.9 Å². The van der Waals surface area contributed by atoms with Crippen molar-refractivity contribution >= 4 is 32.6 Å². The van der Waals surface area contributed by atoms with Crippen LogP contribution in [0.4, 0.5) is 5.13 Å². The predicted molar refractivity (Wildman–Crippen MR) is 103 cm³/mol. The lowest BCUT2D eigenvalue weighted by atomic mass is 10.2. The van der Waals surface area contributed by atoms with Gasteiger partial charge < -0.3 is 4.74 Å². The van der Waals surface area contributed by atoms with Gasteiger partial charge in [-0.25, -0.2) is 9.97 Å². The fourth-order valence-corrected chi connectivity index (χ4v) is 3.58. The lowest BCUT2D eigenvalue weighted by molar-refractivity contribution is 0.0980. The van der Waals surface area contributed by atoms with E-state index >= 15 is 0 Å². The summed E-state index contributed by atoms with van der Waals surface area (Å²) >= 11 is 1.42. The van der Waals surface area contributed by atoms with Gasteiger partial charge in [0.2, 0.25) is 0 Å². The third kappa shape index (κ3) is 3.61. The number of hydrogen-bond acceptors (Lipinski definition) is 7. The summed E-state index contributed by atoms with van der Waals surface area (Å²) < 4.78 is 6.21. The summed E-state index contributed by atoms with van der Waals surface area (Å²) in [4.78, 5) is 31.6. The van der Waals surface area contributed by atoms with Crippen LogP contribution in [0.3, 0.4) is 0 Å². The van der Waals surface area contributed by atoms with Gasteiger partial charge in [0.05, 0.1) is 30.1 Å². The Hall–Kier alpha value is -3.39. The fourth-order valence-electron chi connectivity index (χ4n) is 2.58. The summed E-state index contributed by atoms with van der Waals surface area (Å²) in [6.07, 6.45) is 7.91. The van der Waals surface area contributed by atoms with Gasteiger partial charge in [0.1, 0.15) is 11.4 Å². The van der Waals surface area contributed by atoms with Gasteiger partial charge in [0, 0.05) is 24.8 Å². The number of hydrogen-bond donors (Lipinski definition) is 0. The third-order valence-electron chi connectivity index (χ3n) is 3.91. The molecule has 134 valence electrons. The van der Waals surface area contributed by atoms with Gasteiger partial charge in [-0.05, 0) is 29.8 Å². The number of fused-ring (bicyclic) bond motifs is 1. The van der Waals surface area contributed by atoms with Crippen LogP contribution in [-0.2, 0) is 6.54 Å². The van der Waals surface area contributed by atoms with Crippen molar-refractivity contribution in [1.29, 1.82) is 0 Å². The number of carbonyl (C=O) groups is 1. The second-order valence-electron chi connectivity index (χ2n) is 5.67. The molecular weight excluding hydrogens is 362 g/mol. The number of ether oxygens (including phenoxy) is 1. The normalized spacial score (nSPS) is 10.7. The monoisotopic (exact) mass is 377 g/mol. The first-order valence-electron chi connectivity index (χ1n) is 8.16. The number of pyridine rings is 1. The second-order valence-corrected chi connectivity index (χ2v) is 6.68. The molecule has 7 nitrogen and oxygen atoms in total. The van der Waals surface area contributed by atoms with E-state index < -0.39 is 0 Å². The minimum Gasteiger partial charge on any atom is -0.497 e. The summed E-state index contributed by atoms with van der Waals surface area (Å²) in [7, 11) is 1.62. The highest BCUT2D eigenvalue weighted by molar-refractivity contribution is 7.22. The molecule has 4 rings (SSSR count). The van der Waals surface area contributed by atoms with E-state index in [4.69, 9.17) is 4.74 Å². The highest BCUT2D eigenvalue weighted by atomic mass is 32.1. The molecule has 3 aromatic heterocycles. The largest absolute Gasteiger partial charge is 0.497 e. The topological polar surface area (TPSA) is 81.1 Å². The maximum Gasteiger partial charge on any atom is 0.280 e. The Morgan fingerprint density at radius 2 is 2.04 bits per heavy atom. The highest BCUT2D eigenvalue weighted by Gasteiger charge is 2.23. The first-order valence-corrected chi connectivity index (χ1v) is 8.97. The second kappa shape index (κ2) is 7.46. The van der Waals surface area contributed by atoms with Crippen molar-refractivity contribution < 1.29 is 9.53 Å². The quantitative estimate of drug-likeness (QED) is 0.531. The number of nitrogens with zero attached hydrogens (tertiary/aromatic N) is 5. The van der Waals surface area contributed by atoms with Gasteiger partial charge in [-0.3, -0.25) is 19.7 Å². The summed E-state index contributed by atoms with van der Waals surface area (Å²) in [6.45, 7) is 0.334. The summed E-state index contributed by atoms with van der Waals surface area (Å²) in [5.41, 5.74) is 1.96. The number of rotatable bonds is 5. The standard InChI is InChI=1S/C19H15N5O2S/c1-26-14-4-5-15-17(9-14)27-19(23-15)24(12-13-3-2-6-20-10-13)18(25)16-11-21-7-8-22-16/h2-11H,12H2,1H3. The first kappa shape index (κ1) is 17.0. The maximum absolute atomic E-state index is 13.1. The van der Waals surface area contributed by atoms with Crippen LogP contribution in [0, 0.1) is 0 Å². The van der Waals surface area contributed by atoms with Gasteiger partial charge in [0.15, 0.2) is 5.13 Å². The molecule has 0 saturated heterocycles. The number of carbonyl (C=O) groups excluding carboxylic acids is 1. The van der Waals surface area contributed by atoms with Gasteiger partial charge in [-0.2, -0.15) is 0 Å². The Morgan fingerprint density at radius 1 is 1.15 bits per heavy atom. The zero-order chi connectivity index (χ0) is 18.6. The molecule has 27 heavy (non-hydrogen) atoms. The molecule has 0 aliphatic heterocycles. The number of benzene rings is 1. The van der Waals surface area contributed by atoms with Crippen molar-refractivity contribution in [2.45, 2.75) is 6.54 Å². The van der Waals surface area contributed by atoms with E-state index in [1.807, 2.05) is 30.3 Å². The molecule has 0 unspecified atom stereocenters. The molecule has 0 aliphatic rings. The molecular formula is C19H15N5O2S. The molecule has 0 bridgehead atoms. The van der Waals surface area contributed by atoms with Gasteiger partial charge in [-0.15, -0.1) is 0 Å². The van der Waals surface area contributed by atoms with E-state index in [9.17, 15) is 4.79 Å². The van der Waals surface area contributed by atoms with Crippen molar-refractivity contribution in [1.82, 2.24) is 19.9 Å². The number of thiazole rings is 1. The van der Waals surface area contributed by atoms with Crippen molar-refractivity contribution in [2.24, 2.45) is 0 Å². The number of amides is 1. The summed E-state index contributed by atoms with van der Waals surface area (Å²) in [5.74, 6) is 0.481. The van der Waals surface area contributed by atoms with Crippen LogP contribution < -0.4 is 9.64 Å². The van der Waals surface area contributed by atoms with E-state index in [-0.39, 0.29) is 11.6 Å². The van der Waals surface area contributed by atoms with Crippen LogP contribution in [-0.4, -0.2) is 33.0 Å². The molecule has 1 aromatic carbocycles. The Labute approximate surface area is 159 Å². The van der Waals surface area contributed by atoms with E-state index in [0.717, 1.165) is 21.5 Å². The Bertz CT molecular complexity index is 1070. The maximum atomic E-state index is 13.1. The average Bonchev–Trinajstić information content (AvgIpc) is 3.15. The third-order valence-corrected chi connectivity index (χ3v) is 4.95. The average molecular weight is 377 g/mol. The zero-order valence-corrected chi connectivity index (χ0v) is 15.3. The Kier molecular flexibility index (Phi) is 4.71. The molecule has 0 N–H and O–H groups in total. The molecule has 0 radical (unpaired) electrons. The molecule has 3 heterocycles. The van der Waals surface area contributed by atoms with Crippen molar-refractivity contribution in [3.63, 3.8) is 0 Å². The molecule has 4 aromatic rings. The first-order chi connectivity index (χ1) is 13.2. The van der Waals surface area contributed by atoms with Crippen LogP contribution >= 0.6 is 11.3 Å². The highest BCUT2D eigenvalue weighted by Crippen LogP contribution is 2.32. The van der Waals surface area contributed by atoms with Crippen molar-refractivity contribution in [3.8, 4) is 5.75 Å². The van der Waals surface area contributed by atoms with E-state index in [0.29, 0.717) is 11.7 Å². The molecule has 1 amide bonds. The van der Waals surface area contributed by atoms with Crippen LogP contribution in [0.25, 0.3) is 10.2 Å². The van der Waals surface area contributed by atoms with Crippen LogP contribution in [0.15, 0.2) is 61.3 Å². The molecule has 0 aliphatic carbocycles. The lowest BCUT2D eigenvalue weighted by Gasteiger charge is -2.19. The smallest absolute Gasteiger partial charge is 0.280 e. The molecule has 8 heteroatoms. The minimum atomic E-state index is -0.266. The molecule has 0 spiro atoms. The fraction of sp³-hybridized carbons (Fsp3) is 0.105. The minimum absolute atomic E-state index is 0.262. The zero-order valence-electron chi connectivity index (χ0n) is 14.4. The van der Waals surface area contributed by atoms with Crippen LogP contribution in [0.5, 0.6) is 5.75 Å². The Balaban J connectivity index is 1.76. The van der Waals surface area contributed by atoms with Crippen LogP contribution in [0.2, 0.25) is 0 Å². The lowest BCUT2D eigenvalue weighted by Crippen LogP contribution is -2.31. The summed E-state index contributed by atoms with van der Waals surface area (Å²) in [5, 5.41) is 0.581. The number of anilines is 1. The van der Waals surface area contributed by atoms with E-state index in [2.05, 4.69) is 19.9 Å². The van der Waals surface area contributed by atoms with Gasteiger partial charge in [0.25, 0.3) is 5.91 Å². The van der Waals surface area contributed by atoms with Crippen LogP contribution in [0.1, 0.15) is 16.1 Å². The SMILES string of the molecule is COc1ccc2nc(N(Cc3cccnc3)C(=O)c3cnccn3)sc2c1. The predicted octanol–water partition coefficient (Wildman–Crippen LogP) is 3.34. The van der Waals surface area contributed by atoms with E-state index in [1.54, 1.807) is 24.4 Å². The number of methoxy groups -OCH3 is 1. The van der Waals surface area contributed by atoms with Crippen molar-refractivity contribution in [3.05, 3.63) is 72.6 Å². The molecule has 0 saturated carbocycles. The van der Waals surface area contributed by atoms with Gasteiger partial charge >= 0.3 is 0 Å². The number of aromatic nitrogens is 4. The molecule has 0 fully saturated rings. The van der Waals surface area contributed by atoms with Gasteiger partial charge in [-0.1, -0.05) is 17.4 Å². The molecule has 0 atom stereocenters.